The Morgan fingerprint density at radius 3 is 2.24 bits per heavy atom. The highest BCUT2D eigenvalue weighted by molar-refractivity contribution is 5.85. The van der Waals surface area contributed by atoms with E-state index in [0.717, 1.165) is 0 Å². The molecule has 0 spiro atoms. The Hall–Kier alpha value is -2.32. The molecule has 0 aromatic heterocycles. The zero-order chi connectivity index (χ0) is 16.6. The number of primary amides is 1. The third kappa shape index (κ3) is 7.14. The molecule has 1 atom stereocenters. The summed E-state index contributed by atoms with van der Waals surface area (Å²) >= 11 is 0. The van der Waals surface area contributed by atoms with Gasteiger partial charge in [-0.05, 0) is 20.3 Å². The van der Waals surface area contributed by atoms with Crippen molar-refractivity contribution in [2.45, 2.75) is 32.7 Å². The maximum atomic E-state index is 11.6. The lowest BCUT2D eigenvalue weighted by molar-refractivity contribution is -0.139. The molecule has 0 saturated carbocycles. The highest BCUT2D eigenvalue weighted by atomic mass is 16.4. The highest BCUT2D eigenvalue weighted by Crippen LogP contribution is 2.12. The van der Waals surface area contributed by atoms with Crippen LogP contribution in [0.15, 0.2) is 0 Å². The lowest BCUT2D eigenvalue weighted by Gasteiger charge is -2.23. The molecule has 4 amide bonds. The van der Waals surface area contributed by atoms with E-state index in [9.17, 15) is 19.2 Å². The average Bonchev–Trinajstić information content (AvgIpc) is 2.39. The summed E-state index contributed by atoms with van der Waals surface area (Å²) in [6, 6.07) is -1.95. The van der Waals surface area contributed by atoms with Crippen molar-refractivity contribution in [1.82, 2.24) is 16.0 Å². The molecule has 21 heavy (non-hydrogen) atoms. The summed E-state index contributed by atoms with van der Waals surface area (Å²) in [4.78, 5) is 44.7. The van der Waals surface area contributed by atoms with Crippen LogP contribution in [0.25, 0.3) is 0 Å². The quantitative estimate of drug-likeness (QED) is 0.380. The van der Waals surface area contributed by atoms with Gasteiger partial charge in [-0.15, -0.1) is 0 Å². The number of carboxylic acids is 1. The molecular weight excluding hydrogens is 280 g/mol. The van der Waals surface area contributed by atoms with Crippen molar-refractivity contribution in [2.24, 2.45) is 11.1 Å². The van der Waals surface area contributed by atoms with Crippen LogP contribution in [-0.4, -0.2) is 48.6 Å². The molecule has 0 unspecified atom stereocenters. The van der Waals surface area contributed by atoms with Gasteiger partial charge in [-0.2, -0.15) is 0 Å². The molecule has 0 aromatic rings. The summed E-state index contributed by atoms with van der Waals surface area (Å²) in [5.74, 6) is -2.17. The van der Waals surface area contributed by atoms with E-state index >= 15 is 0 Å². The maximum Gasteiger partial charge on any atom is 0.326 e. The normalized spacial score (nSPS) is 12.1. The summed E-state index contributed by atoms with van der Waals surface area (Å²) in [7, 11) is 1.48. The fraction of sp³-hybridized carbons (Fsp3) is 0.667. The van der Waals surface area contributed by atoms with Crippen molar-refractivity contribution < 1.29 is 24.3 Å². The Morgan fingerprint density at radius 1 is 1.24 bits per heavy atom. The number of nitrogens with two attached hydrogens (primary N) is 1. The van der Waals surface area contributed by atoms with Crippen LogP contribution in [0.2, 0.25) is 0 Å². The second-order valence-corrected chi connectivity index (χ2v) is 5.19. The number of nitrogens with one attached hydrogen (secondary N) is 3. The standard InChI is InChI=1S/C12H22N4O5/c1-12(2,10(20)14-3)6-15-11(21)16-7(9(18)19)4-5-8(13)17/h7H,4-6H2,1-3H3,(H2,13,17)(H,14,20)(H,18,19)(H2,15,16,21)/t7-/m0/s1. The Labute approximate surface area is 122 Å². The summed E-state index contributed by atoms with van der Waals surface area (Å²) in [6.45, 7) is 3.29. The summed E-state index contributed by atoms with van der Waals surface area (Å²) < 4.78 is 0. The molecule has 120 valence electrons. The molecule has 6 N–H and O–H groups in total. The fourth-order valence-corrected chi connectivity index (χ4v) is 1.47. The zero-order valence-electron chi connectivity index (χ0n) is 12.4. The van der Waals surface area contributed by atoms with Gasteiger partial charge in [-0.1, -0.05) is 0 Å². The molecule has 0 radical (unpaired) electrons. The van der Waals surface area contributed by atoms with E-state index in [2.05, 4.69) is 16.0 Å². The first-order valence-corrected chi connectivity index (χ1v) is 6.38. The molecule has 0 aliphatic carbocycles. The Morgan fingerprint density at radius 2 is 1.81 bits per heavy atom. The number of carboxylic acid groups (broad SMARTS) is 1. The summed E-state index contributed by atoms with van der Waals surface area (Å²) in [5.41, 5.74) is 4.10. The second kappa shape index (κ2) is 8.08. The van der Waals surface area contributed by atoms with E-state index in [1.54, 1.807) is 13.8 Å². The molecular formula is C12H22N4O5. The minimum Gasteiger partial charge on any atom is -0.480 e. The van der Waals surface area contributed by atoms with Gasteiger partial charge in [0.1, 0.15) is 6.04 Å². The first-order valence-electron chi connectivity index (χ1n) is 6.38. The van der Waals surface area contributed by atoms with Crippen LogP contribution >= 0.6 is 0 Å². The number of amides is 4. The number of rotatable bonds is 8. The average molecular weight is 302 g/mol. The van der Waals surface area contributed by atoms with Crippen LogP contribution in [-0.2, 0) is 14.4 Å². The van der Waals surface area contributed by atoms with Crippen LogP contribution in [0, 0.1) is 5.41 Å². The van der Waals surface area contributed by atoms with Gasteiger partial charge in [0.05, 0.1) is 5.41 Å². The van der Waals surface area contributed by atoms with Gasteiger partial charge in [0.15, 0.2) is 0 Å². The minimum absolute atomic E-state index is 0.0284. The van der Waals surface area contributed by atoms with Crippen molar-refractivity contribution in [1.29, 1.82) is 0 Å². The fourth-order valence-electron chi connectivity index (χ4n) is 1.47. The number of hydrogen-bond donors (Lipinski definition) is 5. The van der Waals surface area contributed by atoms with Crippen LogP contribution in [0.5, 0.6) is 0 Å². The Bertz CT molecular complexity index is 422. The monoisotopic (exact) mass is 302 g/mol. The van der Waals surface area contributed by atoms with Gasteiger partial charge >= 0.3 is 12.0 Å². The van der Waals surface area contributed by atoms with E-state index < -0.39 is 29.4 Å². The maximum absolute atomic E-state index is 11.6. The number of urea groups is 1. The number of carbonyl (C=O) groups is 4. The summed E-state index contributed by atoms with van der Waals surface area (Å²) in [6.07, 6.45) is -0.252. The van der Waals surface area contributed by atoms with Crippen LogP contribution in [0.1, 0.15) is 26.7 Å². The van der Waals surface area contributed by atoms with Crippen LogP contribution < -0.4 is 21.7 Å². The number of hydrogen-bond acceptors (Lipinski definition) is 4. The van der Waals surface area contributed by atoms with Crippen molar-refractivity contribution in [3.05, 3.63) is 0 Å². The van der Waals surface area contributed by atoms with Gasteiger partial charge in [0.2, 0.25) is 11.8 Å². The number of carbonyl (C=O) groups excluding carboxylic acids is 3. The molecule has 0 heterocycles. The van der Waals surface area contributed by atoms with Gasteiger partial charge in [0.25, 0.3) is 0 Å². The molecule has 0 aliphatic heterocycles. The van der Waals surface area contributed by atoms with E-state index in [-0.39, 0.29) is 25.3 Å². The Balaban J connectivity index is 4.42. The predicted octanol–water partition coefficient (Wildman–Crippen LogP) is -1.22. The first-order chi connectivity index (χ1) is 9.60. The van der Waals surface area contributed by atoms with Crippen molar-refractivity contribution >= 4 is 23.8 Å². The minimum atomic E-state index is -1.27. The zero-order valence-corrected chi connectivity index (χ0v) is 12.4. The van der Waals surface area contributed by atoms with Gasteiger partial charge in [-0.25, -0.2) is 9.59 Å². The van der Waals surface area contributed by atoms with E-state index in [1.165, 1.54) is 7.05 Å². The molecule has 9 nitrogen and oxygen atoms in total. The van der Waals surface area contributed by atoms with Crippen LogP contribution in [0.3, 0.4) is 0 Å². The second-order valence-electron chi connectivity index (χ2n) is 5.19. The SMILES string of the molecule is CNC(=O)C(C)(C)CNC(=O)N[C@@H](CCC(N)=O)C(=O)O. The first kappa shape index (κ1) is 18.7. The third-order valence-electron chi connectivity index (χ3n) is 2.82. The van der Waals surface area contributed by atoms with Gasteiger partial charge in [-0.3, -0.25) is 9.59 Å². The lowest BCUT2D eigenvalue weighted by atomic mass is 9.92. The van der Waals surface area contributed by atoms with E-state index in [1.807, 2.05) is 0 Å². The molecule has 0 aromatic carbocycles. The lowest BCUT2D eigenvalue weighted by Crippen LogP contribution is -2.50. The van der Waals surface area contributed by atoms with Crippen molar-refractivity contribution in [3.63, 3.8) is 0 Å². The summed E-state index contributed by atoms with van der Waals surface area (Å²) in [5, 5.41) is 16.0. The molecule has 0 rings (SSSR count). The topological polar surface area (TPSA) is 151 Å². The molecule has 0 saturated heterocycles. The van der Waals surface area contributed by atoms with Crippen LogP contribution in [0.4, 0.5) is 4.79 Å². The molecule has 0 bridgehead atoms. The third-order valence-corrected chi connectivity index (χ3v) is 2.82. The molecule has 0 aliphatic rings. The predicted molar refractivity (Wildman–Crippen MR) is 74.2 cm³/mol. The number of aliphatic carboxylic acids is 1. The van der Waals surface area contributed by atoms with E-state index in [0.29, 0.717) is 0 Å². The molecule has 9 heteroatoms. The van der Waals surface area contributed by atoms with Crippen molar-refractivity contribution in [3.8, 4) is 0 Å². The smallest absolute Gasteiger partial charge is 0.326 e. The highest BCUT2D eigenvalue weighted by Gasteiger charge is 2.28. The molecule has 0 fully saturated rings. The largest absolute Gasteiger partial charge is 0.480 e. The van der Waals surface area contributed by atoms with E-state index in [4.69, 9.17) is 10.8 Å². The van der Waals surface area contributed by atoms with Gasteiger partial charge in [0, 0.05) is 20.0 Å². The van der Waals surface area contributed by atoms with Crippen molar-refractivity contribution in [2.75, 3.05) is 13.6 Å². The van der Waals surface area contributed by atoms with Gasteiger partial charge < -0.3 is 26.8 Å². The Kier molecular flexibility index (Phi) is 7.18.